The van der Waals surface area contributed by atoms with Gasteiger partial charge in [0.05, 0.1) is 18.4 Å². The molecular weight excluding hydrogens is 330 g/mol. The molecule has 0 fully saturated rings. The summed E-state index contributed by atoms with van der Waals surface area (Å²) >= 11 is 0. The molecule has 0 aliphatic heterocycles. The van der Waals surface area contributed by atoms with Crippen molar-refractivity contribution in [2.24, 2.45) is 0 Å². The number of benzene rings is 2. The van der Waals surface area contributed by atoms with Crippen molar-refractivity contribution in [2.45, 2.75) is 0 Å². The highest BCUT2D eigenvalue weighted by molar-refractivity contribution is 6.02. The van der Waals surface area contributed by atoms with Gasteiger partial charge in [0.2, 0.25) is 0 Å². The van der Waals surface area contributed by atoms with Gasteiger partial charge in [-0.25, -0.2) is 0 Å². The van der Waals surface area contributed by atoms with Crippen LogP contribution in [-0.4, -0.2) is 23.2 Å². The van der Waals surface area contributed by atoms with Gasteiger partial charge in [-0.15, -0.1) is 10.2 Å². The van der Waals surface area contributed by atoms with Crippen molar-refractivity contribution < 1.29 is 9.53 Å². The number of anilines is 3. The van der Waals surface area contributed by atoms with Gasteiger partial charge in [0, 0.05) is 5.69 Å². The number of carbonyl (C=O) groups is 1. The van der Waals surface area contributed by atoms with Crippen LogP contribution in [0.25, 0.3) is 0 Å². The highest BCUT2D eigenvalue weighted by Crippen LogP contribution is 2.19. The minimum Gasteiger partial charge on any atom is -0.497 e. The molecule has 1 heterocycles. The molecule has 128 valence electrons. The van der Waals surface area contributed by atoms with Gasteiger partial charge < -0.3 is 15.4 Å². The number of nitrogens with zero attached hydrogens (tertiary/aromatic N) is 3. The molecule has 0 unspecified atom stereocenters. The zero-order valence-corrected chi connectivity index (χ0v) is 13.9. The summed E-state index contributed by atoms with van der Waals surface area (Å²) in [5.41, 5.74) is 1.93. The molecule has 0 aliphatic carbocycles. The second-order valence-corrected chi connectivity index (χ2v) is 5.27. The number of hydrogen-bond donors (Lipinski definition) is 2. The zero-order valence-electron chi connectivity index (χ0n) is 13.9. The second kappa shape index (κ2) is 7.77. The van der Waals surface area contributed by atoms with Crippen LogP contribution in [0.4, 0.5) is 17.2 Å². The summed E-state index contributed by atoms with van der Waals surface area (Å²) in [6, 6.07) is 19.3. The van der Waals surface area contributed by atoms with Gasteiger partial charge in [-0.2, -0.15) is 5.26 Å². The van der Waals surface area contributed by atoms with E-state index in [1.54, 1.807) is 61.7 Å². The molecule has 2 aromatic carbocycles. The van der Waals surface area contributed by atoms with Crippen LogP contribution < -0.4 is 15.4 Å². The SMILES string of the molecule is COc1ccc(NC(=O)c2ccc(Nc3ccccc3C#N)nn2)cc1. The molecule has 7 nitrogen and oxygen atoms in total. The quantitative estimate of drug-likeness (QED) is 0.735. The highest BCUT2D eigenvalue weighted by Gasteiger charge is 2.09. The fourth-order valence-corrected chi connectivity index (χ4v) is 2.22. The Morgan fingerprint density at radius 1 is 1.04 bits per heavy atom. The molecule has 26 heavy (non-hydrogen) atoms. The summed E-state index contributed by atoms with van der Waals surface area (Å²) in [6.07, 6.45) is 0. The second-order valence-electron chi connectivity index (χ2n) is 5.27. The Hall–Kier alpha value is -3.92. The van der Waals surface area contributed by atoms with E-state index in [9.17, 15) is 4.79 Å². The van der Waals surface area contributed by atoms with E-state index in [-0.39, 0.29) is 11.6 Å². The van der Waals surface area contributed by atoms with E-state index in [1.165, 1.54) is 0 Å². The number of ether oxygens (including phenoxy) is 1. The summed E-state index contributed by atoms with van der Waals surface area (Å²) in [4.78, 5) is 12.2. The molecule has 1 amide bonds. The summed E-state index contributed by atoms with van der Waals surface area (Å²) in [7, 11) is 1.58. The van der Waals surface area contributed by atoms with Crippen molar-refractivity contribution in [3.8, 4) is 11.8 Å². The number of hydrogen-bond acceptors (Lipinski definition) is 6. The molecule has 0 saturated heterocycles. The molecule has 7 heteroatoms. The number of nitriles is 1. The average Bonchev–Trinajstić information content (AvgIpc) is 2.69. The van der Waals surface area contributed by atoms with Gasteiger partial charge in [-0.3, -0.25) is 4.79 Å². The monoisotopic (exact) mass is 345 g/mol. The number of amides is 1. The van der Waals surface area contributed by atoms with Gasteiger partial charge in [0.15, 0.2) is 11.5 Å². The number of para-hydroxylation sites is 1. The van der Waals surface area contributed by atoms with Gasteiger partial charge in [-0.05, 0) is 48.5 Å². The predicted octanol–water partition coefficient (Wildman–Crippen LogP) is 3.35. The molecule has 0 atom stereocenters. The molecule has 2 N–H and O–H groups in total. The molecule has 0 radical (unpaired) electrons. The van der Waals surface area contributed by atoms with E-state index in [2.05, 4.69) is 26.9 Å². The largest absolute Gasteiger partial charge is 0.497 e. The summed E-state index contributed by atoms with van der Waals surface area (Å²) in [5.74, 6) is 0.774. The Morgan fingerprint density at radius 3 is 2.46 bits per heavy atom. The van der Waals surface area contributed by atoms with Gasteiger partial charge in [0.25, 0.3) is 5.91 Å². The normalized spacial score (nSPS) is 9.85. The highest BCUT2D eigenvalue weighted by atomic mass is 16.5. The van der Waals surface area contributed by atoms with Crippen molar-refractivity contribution in [1.82, 2.24) is 10.2 Å². The first kappa shape index (κ1) is 16.9. The average molecular weight is 345 g/mol. The lowest BCUT2D eigenvalue weighted by atomic mass is 10.2. The van der Waals surface area contributed by atoms with Crippen molar-refractivity contribution in [3.05, 3.63) is 71.9 Å². The third kappa shape index (κ3) is 3.94. The molecule has 0 bridgehead atoms. The van der Waals surface area contributed by atoms with Gasteiger partial charge >= 0.3 is 0 Å². The van der Waals surface area contributed by atoms with Crippen molar-refractivity contribution >= 4 is 23.1 Å². The molecule has 1 aromatic heterocycles. The molecule has 0 aliphatic rings. The molecule has 3 aromatic rings. The van der Waals surface area contributed by atoms with Crippen molar-refractivity contribution in [3.63, 3.8) is 0 Å². The lowest BCUT2D eigenvalue weighted by Gasteiger charge is -2.08. The molecule has 3 rings (SSSR count). The van der Waals surface area contributed by atoms with E-state index in [4.69, 9.17) is 10.00 Å². The maximum Gasteiger partial charge on any atom is 0.276 e. The first-order valence-corrected chi connectivity index (χ1v) is 7.75. The molecule has 0 spiro atoms. The third-order valence-electron chi connectivity index (χ3n) is 3.56. The van der Waals surface area contributed by atoms with Gasteiger partial charge in [-0.1, -0.05) is 12.1 Å². The number of carbonyl (C=O) groups excluding carboxylic acids is 1. The summed E-state index contributed by atoms with van der Waals surface area (Å²) in [5, 5.41) is 22.8. The van der Waals surface area contributed by atoms with Crippen molar-refractivity contribution in [1.29, 1.82) is 5.26 Å². The van der Waals surface area contributed by atoms with E-state index >= 15 is 0 Å². The lowest BCUT2D eigenvalue weighted by molar-refractivity contribution is 0.102. The van der Waals surface area contributed by atoms with E-state index < -0.39 is 0 Å². The van der Waals surface area contributed by atoms with E-state index in [0.717, 1.165) is 0 Å². The van der Waals surface area contributed by atoms with Crippen LogP contribution in [-0.2, 0) is 0 Å². The first-order valence-electron chi connectivity index (χ1n) is 7.75. The zero-order chi connectivity index (χ0) is 18.4. The molecular formula is C19H15N5O2. The van der Waals surface area contributed by atoms with Gasteiger partial charge in [0.1, 0.15) is 11.8 Å². The fraction of sp³-hybridized carbons (Fsp3) is 0.0526. The van der Waals surface area contributed by atoms with Crippen LogP contribution in [0.1, 0.15) is 16.1 Å². The molecule has 0 saturated carbocycles. The number of methoxy groups -OCH3 is 1. The van der Waals surface area contributed by atoms with E-state index in [1.807, 2.05) is 6.07 Å². The Morgan fingerprint density at radius 2 is 1.81 bits per heavy atom. The fourth-order valence-electron chi connectivity index (χ4n) is 2.22. The van der Waals surface area contributed by atoms with Crippen LogP contribution >= 0.6 is 0 Å². The maximum atomic E-state index is 12.2. The minimum absolute atomic E-state index is 0.180. The third-order valence-corrected chi connectivity index (χ3v) is 3.56. The number of rotatable bonds is 5. The van der Waals surface area contributed by atoms with Crippen molar-refractivity contribution in [2.75, 3.05) is 17.7 Å². The van der Waals surface area contributed by atoms with Crippen LogP contribution in [0, 0.1) is 11.3 Å². The van der Waals surface area contributed by atoms with Crippen LogP contribution in [0.15, 0.2) is 60.7 Å². The van der Waals surface area contributed by atoms with Crippen LogP contribution in [0.5, 0.6) is 5.75 Å². The smallest absolute Gasteiger partial charge is 0.276 e. The Kier molecular flexibility index (Phi) is 5.05. The van der Waals surface area contributed by atoms with Crippen LogP contribution in [0.3, 0.4) is 0 Å². The maximum absolute atomic E-state index is 12.2. The summed E-state index contributed by atoms with van der Waals surface area (Å²) in [6.45, 7) is 0. The standard InChI is InChI=1S/C19H15N5O2/c1-26-15-8-6-14(7-9-15)21-19(25)17-10-11-18(24-23-17)22-16-5-3-2-4-13(16)12-20/h2-11H,1H3,(H,21,25)(H,22,24). The first-order chi connectivity index (χ1) is 12.7. The lowest BCUT2D eigenvalue weighted by Crippen LogP contribution is -2.14. The number of nitrogens with one attached hydrogen (secondary N) is 2. The predicted molar refractivity (Wildman–Crippen MR) is 97.4 cm³/mol. The minimum atomic E-state index is -0.369. The van der Waals surface area contributed by atoms with E-state index in [0.29, 0.717) is 28.5 Å². The Balaban J connectivity index is 1.68. The van der Waals surface area contributed by atoms with Crippen LogP contribution in [0.2, 0.25) is 0 Å². The Bertz CT molecular complexity index is 947. The topological polar surface area (TPSA) is 99.9 Å². The Labute approximate surface area is 150 Å². The number of aromatic nitrogens is 2. The summed E-state index contributed by atoms with van der Waals surface area (Å²) < 4.78 is 5.08.